The molecule has 8 heteroatoms. The minimum atomic E-state index is -0.224. The molecule has 1 N–H and O–H groups in total. The van der Waals surface area contributed by atoms with Crippen LogP contribution in [-0.2, 0) is 4.79 Å². The van der Waals surface area contributed by atoms with Gasteiger partial charge in [-0.2, -0.15) is 4.52 Å². The van der Waals surface area contributed by atoms with Crippen LogP contribution in [0.1, 0.15) is 16.8 Å². The van der Waals surface area contributed by atoms with E-state index in [0.29, 0.717) is 15.8 Å². The minimum absolute atomic E-state index is 0.126. The van der Waals surface area contributed by atoms with E-state index in [4.69, 9.17) is 0 Å². The van der Waals surface area contributed by atoms with Crippen LogP contribution in [0.5, 0.6) is 0 Å². The lowest BCUT2D eigenvalue weighted by Gasteiger charge is -2.16. The predicted molar refractivity (Wildman–Crippen MR) is 99.7 cm³/mol. The Morgan fingerprint density at radius 1 is 1.32 bits per heavy atom. The Kier molecular flexibility index (Phi) is 4.54. The van der Waals surface area contributed by atoms with Crippen LogP contribution in [0.3, 0.4) is 0 Å². The van der Waals surface area contributed by atoms with E-state index in [0.717, 1.165) is 16.8 Å². The Hall–Kier alpha value is -2.74. The van der Waals surface area contributed by atoms with E-state index < -0.39 is 0 Å². The van der Waals surface area contributed by atoms with Gasteiger partial charge in [-0.15, -0.1) is 5.10 Å². The average Bonchev–Trinajstić information content (AvgIpc) is 2.96. The van der Waals surface area contributed by atoms with Crippen molar-refractivity contribution in [2.45, 2.75) is 20.8 Å². The highest BCUT2D eigenvalue weighted by molar-refractivity contribution is 7.20. The molecule has 0 bridgehead atoms. The van der Waals surface area contributed by atoms with Gasteiger partial charge in [0.25, 0.3) is 5.56 Å². The molecule has 0 atom stereocenters. The molecule has 0 saturated carbocycles. The van der Waals surface area contributed by atoms with E-state index in [2.05, 4.69) is 15.4 Å². The van der Waals surface area contributed by atoms with E-state index >= 15 is 0 Å². The van der Waals surface area contributed by atoms with Crippen molar-refractivity contribution in [3.63, 3.8) is 0 Å². The van der Waals surface area contributed by atoms with Gasteiger partial charge in [0.15, 0.2) is 0 Å². The molecule has 1 aromatic carbocycles. The summed E-state index contributed by atoms with van der Waals surface area (Å²) in [5, 5.41) is 7.73. The smallest absolute Gasteiger partial charge is 0.275 e. The maximum absolute atomic E-state index is 12.3. The van der Waals surface area contributed by atoms with E-state index in [1.54, 1.807) is 18.9 Å². The Balaban J connectivity index is 1.76. The Morgan fingerprint density at radius 3 is 2.84 bits per heavy atom. The van der Waals surface area contributed by atoms with Gasteiger partial charge in [-0.3, -0.25) is 9.59 Å². The summed E-state index contributed by atoms with van der Waals surface area (Å²) in [5.74, 6) is -0.146. The normalized spacial score (nSPS) is 10.9. The highest BCUT2D eigenvalue weighted by atomic mass is 32.1. The first-order chi connectivity index (χ1) is 11.8. The number of aromatic nitrogens is 3. The molecular weight excluding hydrogens is 338 g/mol. The van der Waals surface area contributed by atoms with E-state index in [1.165, 1.54) is 21.9 Å². The number of hydrogen-bond acceptors (Lipinski definition) is 6. The number of amides is 1. The fourth-order valence-corrected chi connectivity index (χ4v) is 3.34. The fraction of sp³-hybridized carbons (Fsp3) is 0.294. The third kappa shape index (κ3) is 3.53. The number of carbonyl (C=O) groups excluding carboxylic acids is 1. The molecule has 0 radical (unpaired) electrons. The van der Waals surface area contributed by atoms with Crippen molar-refractivity contribution in [1.82, 2.24) is 14.6 Å². The van der Waals surface area contributed by atoms with Crippen molar-refractivity contribution < 1.29 is 4.79 Å². The second-order valence-corrected chi connectivity index (χ2v) is 6.90. The van der Waals surface area contributed by atoms with Gasteiger partial charge >= 0.3 is 0 Å². The number of rotatable bonds is 4. The molecule has 0 aliphatic heterocycles. The highest BCUT2D eigenvalue weighted by Crippen LogP contribution is 2.21. The molecular formula is C17H19N5O2S. The van der Waals surface area contributed by atoms with Crippen LogP contribution >= 0.6 is 11.3 Å². The molecule has 130 valence electrons. The van der Waals surface area contributed by atoms with E-state index in [-0.39, 0.29) is 18.0 Å². The van der Waals surface area contributed by atoms with Crippen molar-refractivity contribution >= 4 is 33.0 Å². The summed E-state index contributed by atoms with van der Waals surface area (Å²) in [6, 6.07) is 7.23. The number of benzene rings is 1. The average molecular weight is 357 g/mol. The summed E-state index contributed by atoms with van der Waals surface area (Å²) in [4.78, 5) is 30.8. The van der Waals surface area contributed by atoms with Gasteiger partial charge in [0.1, 0.15) is 0 Å². The lowest BCUT2D eigenvalue weighted by Crippen LogP contribution is -2.30. The van der Waals surface area contributed by atoms with E-state index in [1.807, 2.05) is 32.0 Å². The fourth-order valence-electron chi connectivity index (χ4n) is 2.42. The molecule has 0 saturated heterocycles. The highest BCUT2D eigenvalue weighted by Gasteiger charge is 2.15. The number of carbonyl (C=O) groups is 1. The van der Waals surface area contributed by atoms with Crippen molar-refractivity contribution in [1.29, 1.82) is 0 Å². The molecule has 2 aromatic heterocycles. The van der Waals surface area contributed by atoms with Crippen LogP contribution in [0.2, 0.25) is 0 Å². The summed E-state index contributed by atoms with van der Waals surface area (Å²) in [6.07, 6.45) is 0. The maximum Gasteiger partial charge on any atom is 0.275 e. The first-order valence-corrected chi connectivity index (χ1v) is 8.61. The van der Waals surface area contributed by atoms with Gasteiger partial charge in [-0.05, 0) is 38.0 Å². The molecule has 0 fully saturated rings. The standard InChI is InChI=1S/C17H19N5O2S/c1-10-6-5-7-13(12(10)3)19-14(23)9-21(4)17-20-22-15(24)8-11(2)18-16(22)25-17/h5-8H,9H2,1-4H3,(H,19,23). The van der Waals surface area contributed by atoms with Crippen LogP contribution in [0.4, 0.5) is 10.8 Å². The second-order valence-electron chi connectivity index (χ2n) is 5.97. The molecule has 1 amide bonds. The van der Waals surface area contributed by atoms with Crippen LogP contribution in [0.15, 0.2) is 29.1 Å². The van der Waals surface area contributed by atoms with Gasteiger partial charge < -0.3 is 10.2 Å². The molecule has 0 aliphatic carbocycles. The molecule has 0 unspecified atom stereocenters. The SMILES string of the molecule is Cc1cc(=O)n2nc(N(C)CC(=O)Nc3cccc(C)c3C)sc2n1. The van der Waals surface area contributed by atoms with Crippen LogP contribution < -0.4 is 15.8 Å². The lowest BCUT2D eigenvalue weighted by molar-refractivity contribution is -0.114. The molecule has 3 rings (SSSR count). The number of nitrogens with one attached hydrogen (secondary N) is 1. The van der Waals surface area contributed by atoms with Crippen molar-refractivity contribution in [3.8, 4) is 0 Å². The first-order valence-electron chi connectivity index (χ1n) is 7.80. The molecule has 0 spiro atoms. The summed E-state index contributed by atoms with van der Waals surface area (Å²) in [7, 11) is 1.76. The first kappa shape index (κ1) is 17.1. The third-order valence-corrected chi connectivity index (χ3v) is 4.97. The van der Waals surface area contributed by atoms with Crippen molar-refractivity contribution in [2.75, 3.05) is 23.8 Å². The summed E-state index contributed by atoms with van der Waals surface area (Å²) < 4.78 is 1.26. The zero-order valence-corrected chi connectivity index (χ0v) is 15.3. The largest absolute Gasteiger partial charge is 0.340 e. The Bertz CT molecular complexity index is 1010. The number of hydrogen-bond donors (Lipinski definition) is 1. The number of fused-ring (bicyclic) bond motifs is 1. The topological polar surface area (TPSA) is 79.6 Å². The van der Waals surface area contributed by atoms with Crippen molar-refractivity contribution in [2.24, 2.45) is 0 Å². The van der Waals surface area contributed by atoms with Gasteiger partial charge in [0.05, 0.1) is 6.54 Å². The van der Waals surface area contributed by atoms with Crippen LogP contribution in [0, 0.1) is 20.8 Å². The number of likely N-dealkylation sites (N-methyl/N-ethyl adjacent to an activating group) is 1. The van der Waals surface area contributed by atoms with Gasteiger partial charge in [-0.1, -0.05) is 23.5 Å². The third-order valence-electron chi connectivity index (χ3n) is 3.95. The number of anilines is 2. The zero-order valence-electron chi connectivity index (χ0n) is 14.5. The minimum Gasteiger partial charge on any atom is -0.340 e. The van der Waals surface area contributed by atoms with Gasteiger partial charge in [0, 0.05) is 24.5 Å². The summed E-state index contributed by atoms with van der Waals surface area (Å²) in [6.45, 7) is 5.87. The molecule has 25 heavy (non-hydrogen) atoms. The van der Waals surface area contributed by atoms with Gasteiger partial charge in [0.2, 0.25) is 16.0 Å². The molecule has 7 nitrogen and oxygen atoms in total. The summed E-state index contributed by atoms with van der Waals surface area (Å²) in [5.41, 5.74) is 3.40. The van der Waals surface area contributed by atoms with Crippen molar-refractivity contribution in [3.05, 3.63) is 51.4 Å². The quantitative estimate of drug-likeness (QED) is 0.774. The molecule has 2 heterocycles. The number of nitrogens with zero attached hydrogens (tertiary/aromatic N) is 4. The van der Waals surface area contributed by atoms with Crippen LogP contribution in [-0.4, -0.2) is 34.1 Å². The monoisotopic (exact) mass is 357 g/mol. The predicted octanol–water partition coefficient (Wildman–Crippen LogP) is 2.15. The van der Waals surface area contributed by atoms with Crippen LogP contribution in [0.25, 0.3) is 4.96 Å². The zero-order chi connectivity index (χ0) is 18.1. The summed E-state index contributed by atoms with van der Waals surface area (Å²) >= 11 is 1.27. The van der Waals surface area contributed by atoms with E-state index in [9.17, 15) is 9.59 Å². The molecule has 3 aromatic rings. The molecule has 0 aliphatic rings. The second kappa shape index (κ2) is 6.64. The Morgan fingerprint density at radius 2 is 2.08 bits per heavy atom. The maximum atomic E-state index is 12.3. The lowest BCUT2D eigenvalue weighted by atomic mass is 10.1. The number of aryl methyl sites for hydroxylation is 2. The van der Waals surface area contributed by atoms with Gasteiger partial charge in [-0.25, -0.2) is 4.98 Å². The Labute approximate surface area is 148 Å².